The van der Waals surface area contributed by atoms with E-state index in [-0.39, 0.29) is 42.0 Å². The fraction of sp³-hybridized carbons (Fsp3) is 0.432. The molecule has 288 valence electrons. The Balaban J connectivity index is 0.863. The highest BCUT2D eigenvalue weighted by atomic mass is 79.9. The van der Waals surface area contributed by atoms with Gasteiger partial charge in [0.2, 0.25) is 27.8 Å². The highest BCUT2D eigenvalue weighted by Gasteiger charge is 2.46. The summed E-state index contributed by atoms with van der Waals surface area (Å²) in [5, 5.41) is 14.5. The third kappa shape index (κ3) is 7.17. The Kier molecular flexibility index (Phi) is 10.1. The van der Waals surface area contributed by atoms with Gasteiger partial charge in [0.1, 0.15) is 11.9 Å². The van der Waals surface area contributed by atoms with E-state index < -0.39 is 44.9 Å². The Bertz CT molecular complexity index is 2210. The van der Waals surface area contributed by atoms with Crippen LogP contribution in [0.1, 0.15) is 94.4 Å². The summed E-state index contributed by atoms with van der Waals surface area (Å²) in [5.74, 6) is -1.51. The molecule has 18 heteroatoms. The number of aromatic nitrogens is 2. The summed E-state index contributed by atoms with van der Waals surface area (Å²) in [7, 11) is -3.58. The lowest BCUT2D eigenvalue weighted by Gasteiger charge is -2.34. The number of rotatable bonds is 9. The molecule has 2 saturated heterocycles. The summed E-state index contributed by atoms with van der Waals surface area (Å²) < 4.78 is 30.1. The third-order valence-corrected chi connectivity index (χ3v) is 14.1. The van der Waals surface area contributed by atoms with Crippen LogP contribution in [0.15, 0.2) is 47.1 Å². The first kappa shape index (κ1) is 37.0. The molecule has 3 fully saturated rings. The van der Waals surface area contributed by atoms with Gasteiger partial charge in [-0.1, -0.05) is 24.6 Å². The van der Waals surface area contributed by atoms with Crippen LogP contribution in [0.25, 0.3) is 0 Å². The van der Waals surface area contributed by atoms with E-state index in [0.29, 0.717) is 97.8 Å². The third-order valence-electron chi connectivity index (χ3n) is 11.1. The molecule has 2 aromatic carbocycles. The van der Waals surface area contributed by atoms with Gasteiger partial charge in [-0.2, -0.15) is 4.98 Å². The minimum atomic E-state index is -3.58. The normalized spacial score (nSPS) is 23.5. The van der Waals surface area contributed by atoms with E-state index in [1.54, 1.807) is 28.7 Å². The number of hydrogen-bond acceptors (Lipinski definition) is 12. The summed E-state index contributed by atoms with van der Waals surface area (Å²) >= 11 is 3.50. The van der Waals surface area contributed by atoms with Gasteiger partial charge in [0.15, 0.2) is 0 Å². The molecule has 1 aliphatic carbocycles. The lowest BCUT2D eigenvalue weighted by Crippen LogP contribution is -2.54. The van der Waals surface area contributed by atoms with Crippen molar-refractivity contribution < 1.29 is 32.4 Å². The maximum atomic E-state index is 13.9. The lowest BCUT2D eigenvalue weighted by molar-refractivity contribution is -0.136. The highest BCUT2D eigenvalue weighted by molar-refractivity contribution is 9.10. The first-order valence-corrected chi connectivity index (χ1v) is 20.8. The number of halogens is 1. The number of fused-ring (bicyclic) bond motifs is 2. The zero-order chi connectivity index (χ0) is 38.4. The molecular formula is C37H40BrN9O7S. The van der Waals surface area contributed by atoms with Crippen LogP contribution in [-0.2, 0) is 26.2 Å². The van der Waals surface area contributed by atoms with Gasteiger partial charge < -0.3 is 21.3 Å². The molecule has 5 aliphatic rings. The number of amides is 5. The fourth-order valence-corrected chi connectivity index (χ4v) is 10.6. The Hall–Kier alpha value is -4.94. The van der Waals surface area contributed by atoms with E-state index in [4.69, 9.17) is 0 Å². The van der Waals surface area contributed by atoms with E-state index in [9.17, 15) is 32.4 Å². The van der Waals surface area contributed by atoms with Crippen LogP contribution in [0, 0.1) is 0 Å². The number of imide groups is 2. The Morgan fingerprint density at radius 1 is 0.818 bits per heavy atom. The monoisotopic (exact) mass is 833 g/mol. The van der Waals surface area contributed by atoms with Crippen LogP contribution in [0.3, 0.4) is 0 Å². The summed E-state index contributed by atoms with van der Waals surface area (Å²) in [6.07, 6.45) is 5.75. The van der Waals surface area contributed by atoms with Crippen LogP contribution in [0.5, 0.6) is 0 Å². The van der Waals surface area contributed by atoms with Gasteiger partial charge in [0.05, 0.1) is 32.1 Å². The molecule has 5 heterocycles. The van der Waals surface area contributed by atoms with Gasteiger partial charge in [-0.3, -0.25) is 34.2 Å². The Morgan fingerprint density at radius 2 is 1.58 bits per heavy atom. The summed E-state index contributed by atoms with van der Waals surface area (Å²) in [6, 6.07) is 9.35. The van der Waals surface area contributed by atoms with E-state index in [0.717, 1.165) is 10.5 Å². The lowest BCUT2D eigenvalue weighted by atomic mass is 10.0. The van der Waals surface area contributed by atoms with Crippen LogP contribution < -0.4 is 26.6 Å². The number of sulfonamides is 1. The molecule has 8 rings (SSSR count). The van der Waals surface area contributed by atoms with Crippen molar-refractivity contribution in [3.05, 3.63) is 69.3 Å². The minimum Gasteiger partial charge on any atom is -0.382 e. The smallest absolute Gasteiger partial charge is 0.264 e. The van der Waals surface area contributed by atoms with Crippen molar-refractivity contribution in [2.75, 3.05) is 29.0 Å². The maximum Gasteiger partial charge on any atom is 0.264 e. The highest BCUT2D eigenvalue weighted by Crippen LogP contribution is 2.35. The maximum absolute atomic E-state index is 13.9. The molecule has 3 aromatic rings. The molecule has 0 spiro atoms. The number of carbonyl (C=O) groups excluding carboxylic acids is 5. The number of hydrogen-bond donors (Lipinski definition) is 5. The second-order valence-electron chi connectivity index (χ2n) is 14.5. The minimum absolute atomic E-state index is 0.0380. The number of anilines is 4. The second kappa shape index (κ2) is 15.0. The molecule has 3 unspecified atom stereocenters. The van der Waals surface area contributed by atoms with Crippen molar-refractivity contribution in [1.82, 2.24) is 29.8 Å². The molecule has 0 bridgehead atoms. The molecule has 5 N–H and O–H groups in total. The van der Waals surface area contributed by atoms with Crippen molar-refractivity contribution in [1.29, 1.82) is 0 Å². The van der Waals surface area contributed by atoms with Crippen molar-refractivity contribution in [3.8, 4) is 0 Å². The van der Waals surface area contributed by atoms with Crippen molar-refractivity contribution in [3.63, 3.8) is 0 Å². The first-order valence-electron chi connectivity index (χ1n) is 18.5. The summed E-state index contributed by atoms with van der Waals surface area (Å²) in [5.41, 5.74) is 3.00. The van der Waals surface area contributed by atoms with Crippen LogP contribution in [0.2, 0.25) is 0 Å². The average molecular weight is 835 g/mol. The Morgan fingerprint density at radius 3 is 2.38 bits per heavy atom. The number of nitrogens with zero attached hydrogens (tertiary/aromatic N) is 4. The molecule has 5 amide bonds. The van der Waals surface area contributed by atoms with E-state index in [2.05, 4.69) is 52.5 Å². The quantitative estimate of drug-likeness (QED) is 0.155. The van der Waals surface area contributed by atoms with Crippen LogP contribution >= 0.6 is 15.9 Å². The van der Waals surface area contributed by atoms with Crippen LogP contribution in [-0.4, -0.2) is 93.6 Å². The van der Waals surface area contributed by atoms with Gasteiger partial charge in [-0.25, -0.2) is 17.7 Å². The van der Waals surface area contributed by atoms with Crippen molar-refractivity contribution >= 4 is 78.6 Å². The largest absolute Gasteiger partial charge is 0.382 e. The van der Waals surface area contributed by atoms with Gasteiger partial charge in [0, 0.05) is 50.0 Å². The molecule has 16 nitrogen and oxygen atoms in total. The van der Waals surface area contributed by atoms with E-state index >= 15 is 0 Å². The van der Waals surface area contributed by atoms with Crippen LogP contribution in [0.4, 0.5) is 23.1 Å². The molecule has 0 radical (unpaired) electrons. The predicted octanol–water partition coefficient (Wildman–Crippen LogP) is 3.65. The zero-order valence-corrected chi connectivity index (χ0v) is 32.2. The Labute approximate surface area is 325 Å². The first-order chi connectivity index (χ1) is 26.5. The average Bonchev–Trinajstić information content (AvgIpc) is 3.55. The number of piperidine rings is 2. The number of nitrogens with one attached hydrogen (secondary N) is 5. The molecule has 1 saturated carbocycles. The molecular weight excluding hydrogens is 794 g/mol. The van der Waals surface area contributed by atoms with Crippen molar-refractivity contribution in [2.24, 2.45) is 0 Å². The molecule has 1 aromatic heterocycles. The predicted molar refractivity (Wildman–Crippen MR) is 205 cm³/mol. The standard InChI is InChI=1S/C37H40BrN9O7S/c38-25-19-40-37(45-32(25)43-26-8-1-4-20-18-39-34(50)30(20)26)42-22-14-16-46(17-15-22)55(53,54)23-6-2-5-21(10-11-23)41-27-9-3-7-24-31(27)36(52)47(35(24)51)28-12-13-29(48)44-33(28)49/h1,3-4,7-9,19,21-23,28,41H,2,5-6,10-18H2,(H,39,50)(H,44,48,49)(H2,40,42,43,45). The van der Waals surface area contributed by atoms with Gasteiger partial charge in [-0.15, -0.1) is 0 Å². The molecule has 4 aliphatic heterocycles. The van der Waals surface area contributed by atoms with E-state index in [1.807, 2.05) is 18.2 Å². The van der Waals surface area contributed by atoms with Gasteiger partial charge >= 0.3 is 0 Å². The fourth-order valence-electron chi connectivity index (χ4n) is 8.25. The van der Waals surface area contributed by atoms with Gasteiger partial charge in [0.25, 0.3) is 17.7 Å². The number of carbonyl (C=O) groups is 5. The summed E-state index contributed by atoms with van der Waals surface area (Å²) in [6.45, 7) is 1.20. The van der Waals surface area contributed by atoms with Gasteiger partial charge in [-0.05, 0) is 84.6 Å². The summed E-state index contributed by atoms with van der Waals surface area (Å²) in [4.78, 5) is 73.5. The van der Waals surface area contributed by atoms with E-state index in [1.165, 1.54) is 0 Å². The zero-order valence-electron chi connectivity index (χ0n) is 29.8. The SMILES string of the molecule is O=C1CCC(N2C(=O)c3cccc(NC4CCCC(S(=O)(=O)N5CCC(Nc6ncc(Br)c(Nc7cccc8c7C(=O)NC8)n6)CC5)CC4)c3C2=O)C(=O)N1. The second-order valence-corrected chi connectivity index (χ2v) is 17.6. The topological polar surface area (TPSA) is 212 Å². The van der Waals surface area contributed by atoms with Crippen molar-refractivity contribution in [2.45, 2.75) is 87.7 Å². The number of benzene rings is 2. The molecule has 3 atom stereocenters. The molecule has 55 heavy (non-hydrogen) atoms.